The fraction of sp³-hybridized carbons (Fsp3) is 0.409. The van der Waals surface area contributed by atoms with Crippen LogP contribution in [0.1, 0.15) is 36.6 Å². The summed E-state index contributed by atoms with van der Waals surface area (Å²) in [6.07, 6.45) is 0.278. The number of methoxy groups -OCH3 is 2. The quantitative estimate of drug-likeness (QED) is 0.271. The molecule has 0 heterocycles. The Bertz CT molecular complexity index is 784. The molecule has 1 atom stereocenters. The van der Waals surface area contributed by atoms with E-state index in [-0.39, 0.29) is 24.0 Å². The Morgan fingerprint density at radius 3 is 2.31 bits per heavy atom. The molecular formula is C22H32IN3O3. The van der Waals surface area contributed by atoms with Crippen LogP contribution in [0.25, 0.3) is 0 Å². The lowest BCUT2D eigenvalue weighted by atomic mass is 10.1. The van der Waals surface area contributed by atoms with Crippen LogP contribution >= 0.6 is 24.0 Å². The normalized spacial score (nSPS) is 12.0. The first-order chi connectivity index (χ1) is 13.6. The lowest BCUT2D eigenvalue weighted by Crippen LogP contribution is -2.39. The second kappa shape index (κ2) is 13.3. The van der Waals surface area contributed by atoms with E-state index in [2.05, 4.69) is 40.7 Å². The highest BCUT2D eigenvalue weighted by molar-refractivity contribution is 14.0. The predicted octanol–water partition coefficient (Wildman–Crippen LogP) is 3.67. The summed E-state index contributed by atoms with van der Waals surface area (Å²) in [5, 5.41) is 17.0. The topological polar surface area (TPSA) is 75.1 Å². The number of ether oxygens (including phenoxy) is 2. The van der Waals surface area contributed by atoms with Gasteiger partial charge in [0.15, 0.2) is 17.5 Å². The van der Waals surface area contributed by atoms with Crippen molar-refractivity contribution in [1.29, 1.82) is 0 Å². The molecule has 0 aliphatic rings. The number of hydrogen-bond acceptors (Lipinski definition) is 4. The molecule has 0 aliphatic carbocycles. The lowest BCUT2D eigenvalue weighted by Gasteiger charge is -2.17. The molecular weight excluding hydrogens is 481 g/mol. The van der Waals surface area contributed by atoms with Crippen molar-refractivity contribution in [3.8, 4) is 11.5 Å². The molecule has 0 aliphatic heterocycles. The first-order valence-electron chi connectivity index (χ1n) is 9.61. The number of rotatable bonds is 9. The highest BCUT2D eigenvalue weighted by Gasteiger charge is 2.12. The van der Waals surface area contributed by atoms with Crippen LogP contribution in [0.5, 0.6) is 11.5 Å². The smallest absolute Gasteiger partial charge is 0.191 e. The van der Waals surface area contributed by atoms with E-state index in [1.807, 2.05) is 19.1 Å². The fourth-order valence-corrected chi connectivity index (χ4v) is 2.93. The molecule has 3 N–H and O–H groups in total. The van der Waals surface area contributed by atoms with Gasteiger partial charge in [0.2, 0.25) is 0 Å². The van der Waals surface area contributed by atoms with Crippen molar-refractivity contribution >= 4 is 29.9 Å². The average molecular weight is 513 g/mol. The molecule has 0 spiro atoms. The maximum absolute atomic E-state index is 10.5. The zero-order valence-corrected chi connectivity index (χ0v) is 19.9. The zero-order valence-electron chi connectivity index (χ0n) is 17.6. The van der Waals surface area contributed by atoms with Crippen LogP contribution in [0.2, 0.25) is 0 Å². The minimum Gasteiger partial charge on any atom is -0.493 e. The SMILES string of the molecule is CCNC(=NCc1ccccc1CC)NCC(O)c1ccc(OC)c(OC)c1.I. The minimum absolute atomic E-state index is 0. The maximum atomic E-state index is 10.5. The second-order valence-electron chi connectivity index (χ2n) is 6.33. The van der Waals surface area contributed by atoms with Gasteiger partial charge in [-0.25, -0.2) is 4.99 Å². The Kier molecular flexibility index (Phi) is 11.5. The third kappa shape index (κ3) is 7.40. The Morgan fingerprint density at radius 2 is 1.69 bits per heavy atom. The standard InChI is InChI=1S/C22H31N3O3.HI/c1-5-16-9-7-8-10-18(16)14-24-22(23-6-2)25-15-19(26)17-11-12-20(27-3)21(13-17)28-4;/h7-13,19,26H,5-6,14-15H2,1-4H3,(H2,23,24,25);1H. The van der Waals surface area contributed by atoms with Gasteiger partial charge < -0.3 is 25.2 Å². The number of aryl methyl sites for hydroxylation is 1. The molecule has 1 unspecified atom stereocenters. The van der Waals surface area contributed by atoms with Gasteiger partial charge in [0, 0.05) is 13.1 Å². The van der Waals surface area contributed by atoms with Crippen molar-refractivity contribution in [3.05, 3.63) is 59.2 Å². The third-order valence-corrected chi connectivity index (χ3v) is 4.51. The third-order valence-electron chi connectivity index (χ3n) is 4.51. The van der Waals surface area contributed by atoms with Crippen LogP contribution in [-0.2, 0) is 13.0 Å². The van der Waals surface area contributed by atoms with E-state index in [0.29, 0.717) is 30.5 Å². The van der Waals surface area contributed by atoms with Gasteiger partial charge in [-0.15, -0.1) is 24.0 Å². The summed E-state index contributed by atoms with van der Waals surface area (Å²) in [6, 6.07) is 13.7. The van der Waals surface area contributed by atoms with Crippen molar-refractivity contribution in [2.45, 2.75) is 32.9 Å². The summed E-state index contributed by atoms with van der Waals surface area (Å²) in [4.78, 5) is 4.66. The molecule has 2 rings (SSSR count). The van der Waals surface area contributed by atoms with Crippen molar-refractivity contribution in [2.24, 2.45) is 4.99 Å². The van der Waals surface area contributed by atoms with E-state index < -0.39 is 6.10 Å². The molecule has 2 aromatic rings. The first-order valence-corrected chi connectivity index (χ1v) is 9.61. The van der Waals surface area contributed by atoms with Crippen molar-refractivity contribution in [3.63, 3.8) is 0 Å². The van der Waals surface area contributed by atoms with Gasteiger partial charge in [-0.2, -0.15) is 0 Å². The van der Waals surface area contributed by atoms with Crippen molar-refractivity contribution in [1.82, 2.24) is 10.6 Å². The first kappa shape index (κ1) is 25.0. The zero-order chi connectivity index (χ0) is 20.4. The van der Waals surface area contributed by atoms with E-state index in [4.69, 9.17) is 9.47 Å². The Balaban J connectivity index is 0.00000420. The molecule has 7 heteroatoms. The number of hydrogen-bond donors (Lipinski definition) is 3. The summed E-state index contributed by atoms with van der Waals surface area (Å²) >= 11 is 0. The number of halogens is 1. The molecule has 0 saturated heterocycles. The molecule has 0 fully saturated rings. The molecule has 160 valence electrons. The highest BCUT2D eigenvalue weighted by atomic mass is 127. The molecule has 0 amide bonds. The number of guanidine groups is 1. The van der Waals surface area contributed by atoms with Gasteiger partial charge in [-0.1, -0.05) is 37.3 Å². The highest BCUT2D eigenvalue weighted by Crippen LogP contribution is 2.29. The van der Waals surface area contributed by atoms with Gasteiger partial charge in [-0.3, -0.25) is 0 Å². The molecule has 0 bridgehead atoms. The largest absolute Gasteiger partial charge is 0.493 e. The number of aliphatic hydroxyl groups excluding tert-OH is 1. The van der Waals surface area contributed by atoms with Crippen LogP contribution < -0.4 is 20.1 Å². The van der Waals surface area contributed by atoms with E-state index in [1.165, 1.54) is 11.1 Å². The van der Waals surface area contributed by atoms with Crippen molar-refractivity contribution in [2.75, 3.05) is 27.3 Å². The van der Waals surface area contributed by atoms with E-state index in [9.17, 15) is 5.11 Å². The van der Waals surface area contributed by atoms with E-state index in [1.54, 1.807) is 26.4 Å². The van der Waals surface area contributed by atoms with Gasteiger partial charge in [-0.05, 0) is 42.2 Å². The number of aliphatic hydroxyl groups is 1. The van der Waals surface area contributed by atoms with Crippen LogP contribution in [0.3, 0.4) is 0 Å². The summed E-state index contributed by atoms with van der Waals surface area (Å²) in [5.41, 5.74) is 3.26. The van der Waals surface area contributed by atoms with Crippen LogP contribution in [-0.4, -0.2) is 38.4 Å². The second-order valence-corrected chi connectivity index (χ2v) is 6.33. The minimum atomic E-state index is -0.702. The number of benzene rings is 2. The number of nitrogens with zero attached hydrogens (tertiary/aromatic N) is 1. The average Bonchev–Trinajstić information content (AvgIpc) is 2.74. The van der Waals surface area contributed by atoms with Gasteiger partial charge in [0.05, 0.1) is 26.9 Å². The summed E-state index contributed by atoms with van der Waals surface area (Å²) in [7, 11) is 3.17. The van der Waals surface area contributed by atoms with Crippen LogP contribution in [0, 0.1) is 0 Å². The molecule has 0 aromatic heterocycles. The summed E-state index contributed by atoms with van der Waals surface area (Å²) in [5.74, 6) is 1.90. The molecule has 0 radical (unpaired) electrons. The van der Waals surface area contributed by atoms with Gasteiger partial charge in [0.25, 0.3) is 0 Å². The fourth-order valence-electron chi connectivity index (χ4n) is 2.93. The Morgan fingerprint density at radius 1 is 1.00 bits per heavy atom. The number of nitrogens with one attached hydrogen (secondary N) is 2. The molecule has 2 aromatic carbocycles. The number of aliphatic imine (C=N–C) groups is 1. The monoisotopic (exact) mass is 513 g/mol. The van der Waals surface area contributed by atoms with Gasteiger partial charge in [0.1, 0.15) is 0 Å². The lowest BCUT2D eigenvalue weighted by molar-refractivity contribution is 0.180. The molecule has 29 heavy (non-hydrogen) atoms. The molecule has 6 nitrogen and oxygen atoms in total. The van der Waals surface area contributed by atoms with Crippen LogP contribution in [0.4, 0.5) is 0 Å². The van der Waals surface area contributed by atoms with E-state index in [0.717, 1.165) is 18.5 Å². The van der Waals surface area contributed by atoms with Crippen LogP contribution in [0.15, 0.2) is 47.5 Å². The van der Waals surface area contributed by atoms with E-state index >= 15 is 0 Å². The Hall–Kier alpha value is -2.00. The Labute approximate surface area is 190 Å². The van der Waals surface area contributed by atoms with Gasteiger partial charge >= 0.3 is 0 Å². The summed E-state index contributed by atoms with van der Waals surface area (Å²) in [6.45, 7) is 5.82. The summed E-state index contributed by atoms with van der Waals surface area (Å²) < 4.78 is 10.6. The maximum Gasteiger partial charge on any atom is 0.191 e. The van der Waals surface area contributed by atoms with Crippen molar-refractivity contribution < 1.29 is 14.6 Å². The predicted molar refractivity (Wildman–Crippen MR) is 129 cm³/mol. The molecule has 0 saturated carbocycles.